The lowest BCUT2D eigenvalue weighted by molar-refractivity contribution is 0.0673. The maximum atomic E-state index is 13.4. The Morgan fingerprint density at radius 2 is 1.87 bits per heavy atom. The molecular weight excluding hydrogens is 390 g/mol. The molecule has 3 aromatic rings. The third-order valence-electron chi connectivity index (χ3n) is 6.13. The molecule has 1 amide bonds. The number of hydrogen-bond acceptors (Lipinski definition) is 7. The number of piperidine rings is 1. The predicted molar refractivity (Wildman–Crippen MR) is 114 cm³/mol. The van der Waals surface area contributed by atoms with Gasteiger partial charge >= 0.3 is 0 Å². The van der Waals surface area contributed by atoms with Crippen molar-refractivity contribution < 1.29 is 4.79 Å². The second-order valence-corrected chi connectivity index (χ2v) is 7.83. The Balaban J connectivity index is 1.41. The highest BCUT2D eigenvalue weighted by Crippen LogP contribution is 2.35. The molecule has 8 nitrogen and oxygen atoms in total. The van der Waals surface area contributed by atoms with Gasteiger partial charge in [-0.15, -0.1) is 0 Å². The molecule has 0 saturated carbocycles. The van der Waals surface area contributed by atoms with Crippen molar-refractivity contribution in [3.05, 3.63) is 66.4 Å². The van der Waals surface area contributed by atoms with Gasteiger partial charge in [0.25, 0.3) is 5.91 Å². The highest BCUT2D eigenvalue weighted by molar-refractivity contribution is 5.97. The average molecular weight is 411 g/mol. The molecule has 5 heterocycles. The van der Waals surface area contributed by atoms with Crippen LogP contribution in [0.1, 0.15) is 28.9 Å². The first-order valence-electron chi connectivity index (χ1n) is 10.4. The molecule has 0 radical (unpaired) electrons. The highest BCUT2D eigenvalue weighted by atomic mass is 16.2. The fourth-order valence-electron chi connectivity index (χ4n) is 4.59. The van der Waals surface area contributed by atoms with Crippen molar-refractivity contribution >= 4 is 11.7 Å². The predicted octanol–water partition coefficient (Wildman–Crippen LogP) is 2.55. The molecule has 2 atom stereocenters. The maximum absolute atomic E-state index is 13.4. The minimum Gasteiger partial charge on any atom is -0.352 e. The number of pyridine rings is 2. The number of aromatic nitrogens is 4. The van der Waals surface area contributed by atoms with E-state index in [4.69, 9.17) is 0 Å². The smallest absolute Gasteiger partial charge is 0.274 e. The molecule has 0 aliphatic carbocycles. The van der Waals surface area contributed by atoms with Crippen molar-refractivity contribution in [3.8, 4) is 17.5 Å². The quantitative estimate of drug-likeness (QED) is 0.653. The van der Waals surface area contributed by atoms with Gasteiger partial charge in [-0.2, -0.15) is 5.26 Å². The molecule has 31 heavy (non-hydrogen) atoms. The van der Waals surface area contributed by atoms with Crippen LogP contribution in [0.3, 0.4) is 0 Å². The van der Waals surface area contributed by atoms with Crippen molar-refractivity contribution in [2.75, 3.05) is 24.5 Å². The Bertz CT molecular complexity index is 1140. The van der Waals surface area contributed by atoms with Gasteiger partial charge in [-0.05, 0) is 43.0 Å². The van der Waals surface area contributed by atoms with Gasteiger partial charge in [-0.25, -0.2) is 9.97 Å². The molecular formula is C23H21N7O. The number of anilines is 1. The highest BCUT2D eigenvalue weighted by Gasteiger charge is 2.41. The van der Waals surface area contributed by atoms with Gasteiger partial charge in [0, 0.05) is 44.4 Å². The fraction of sp³-hybridized carbons (Fsp3) is 0.304. The average Bonchev–Trinajstić information content (AvgIpc) is 3.27. The number of carbonyl (C=O) groups is 1. The van der Waals surface area contributed by atoms with E-state index in [0.717, 1.165) is 25.2 Å². The van der Waals surface area contributed by atoms with Crippen LogP contribution in [-0.4, -0.2) is 56.4 Å². The zero-order valence-electron chi connectivity index (χ0n) is 16.9. The van der Waals surface area contributed by atoms with E-state index in [-0.39, 0.29) is 11.9 Å². The molecule has 2 saturated heterocycles. The molecule has 154 valence electrons. The largest absolute Gasteiger partial charge is 0.352 e. The monoisotopic (exact) mass is 411 g/mol. The number of likely N-dealkylation sites (tertiary alicyclic amines) is 1. The Morgan fingerprint density at radius 3 is 2.71 bits per heavy atom. The van der Waals surface area contributed by atoms with E-state index in [2.05, 4.69) is 30.9 Å². The van der Waals surface area contributed by atoms with Gasteiger partial charge in [0.15, 0.2) is 5.69 Å². The van der Waals surface area contributed by atoms with E-state index in [9.17, 15) is 10.1 Å². The van der Waals surface area contributed by atoms with Crippen molar-refractivity contribution in [2.24, 2.45) is 5.92 Å². The number of amides is 1. The van der Waals surface area contributed by atoms with Crippen LogP contribution in [-0.2, 0) is 0 Å². The summed E-state index contributed by atoms with van der Waals surface area (Å²) in [5.41, 5.74) is 2.06. The summed E-state index contributed by atoms with van der Waals surface area (Å²) in [6.07, 6.45) is 8.49. The van der Waals surface area contributed by atoms with Crippen LogP contribution in [0.4, 0.5) is 5.82 Å². The molecule has 8 heteroatoms. The third kappa shape index (κ3) is 3.59. The molecule has 0 unspecified atom stereocenters. The standard InChI is InChI=1S/C23H21N7O/c24-14-16-4-8-26-20(13-16)30-12-6-17-5-11-29(15-19(17)30)23(31)22-21(27-9-10-28-22)18-3-1-2-7-25-18/h1-4,7-10,13,17,19H,5-6,11-12,15H2/t17-,19-/m1/s1. The van der Waals surface area contributed by atoms with Crippen molar-refractivity contribution in [1.29, 1.82) is 5.26 Å². The molecule has 0 N–H and O–H groups in total. The van der Waals surface area contributed by atoms with Gasteiger partial charge in [-0.1, -0.05) is 6.07 Å². The molecule has 2 aliphatic heterocycles. The first-order valence-corrected chi connectivity index (χ1v) is 10.4. The van der Waals surface area contributed by atoms with Crippen molar-refractivity contribution in [2.45, 2.75) is 18.9 Å². The minimum absolute atomic E-state index is 0.127. The number of hydrogen-bond donors (Lipinski definition) is 0. The number of nitriles is 1. The number of carbonyl (C=O) groups excluding carboxylic acids is 1. The van der Waals surface area contributed by atoms with Crippen LogP contribution in [0.5, 0.6) is 0 Å². The van der Waals surface area contributed by atoms with Gasteiger partial charge in [0.05, 0.1) is 23.4 Å². The first-order chi connectivity index (χ1) is 15.2. The van der Waals surface area contributed by atoms with Gasteiger partial charge in [0.2, 0.25) is 0 Å². The van der Waals surface area contributed by atoms with Crippen LogP contribution in [0.25, 0.3) is 11.4 Å². The van der Waals surface area contributed by atoms with E-state index in [1.807, 2.05) is 29.2 Å². The number of fused-ring (bicyclic) bond motifs is 1. The molecule has 2 aliphatic rings. The van der Waals surface area contributed by atoms with Gasteiger partial charge in [-0.3, -0.25) is 14.8 Å². The molecule has 0 bridgehead atoms. The topological polar surface area (TPSA) is 98.9 Å². The molecule has 5 rings (SSSR count). The molecule has 0 spiro atoms. The van der Waals surface area contributed by atoms with Crippen LogP contribution >= 0.6 is 0 Å². The Hall–Kier alpha value is -3.86. The lowest BCUT2D eigenvalue weighted by Gasteiger charge is -2.38. The molecule has 0 aromatic carbocycles. The van der Waals surface area contributed by atoms with Gasteiger partial charge < -0.3 is 9.80 Å². The van der Waals surface area contributed by atoms with E-state index in [0.29, 0.717) is 41.7 Å². The second-order valence-electron chi connectivity index (χ2n) is 7.83. The molecule has 3 aromatic heterocycles. The third-order valence-corrected chi connectivity index (χ3v) is 6.13. The zero-order chi connectivity index (χ0) is 21.2. The van der Waals surface area contributed by atoms with Crippen LogP contribution in [0.15, 0.2) is 55.1 Å². The SMILES string of the molecule is N#Cc1ccnc(N2CC[C@H]3CCN(C(=O)c4nccnc4-c4ccccn4)C[C@H]32)c1. The van der Waals surface area contributed by atoms with E-state index >= 15 is 0 Å². The normalized spacial score (nSPS) is 20.2. The second kappa shape index (κ2) is 8.11. The van der Waals surface area contributed by atoms with Gasteiger partial charge in [0.1, 0.15) is 11.5 Å². The van der Waals surface area contributed by atoms with E-state index in [1.54, 1.807) is 30.9 Å². The lowest BCUT2D eigenvalue weighted by atomic mass is 9.92. The molecule has 2 fully saturated rings. The zero-order valence-corrected chi connectivity index (χ0v) is 16.9. The Labute approximate surface area is 180 Å². The van der Waals surface area contributed by atoms with Crippen LogP contribution < -0.4 is 4.90 Å². The minimum atomic E-state index is -0.127. The fourth-order valence-corrected chi connectivity index (χ4v) is 4.59. The van der Waals surface area contributed by atoms with Crippen LogP contribution in [0, 0.1) is 17.2 Å². The Morgan fingerprint density at radius 1 is 1.00 bits per heavy atom. The summed E-state index contributed by atoms with van der Waals surface area (Å²) >= 11 is 0. The summed E-state index contributed by atoms with van der Waals surface area (Å²) in [5.74, 6) is 1.18. The summed E-state index contributed by atoms with van der Waals surface area (Å²) in [6, 6.07) is 11.4. The lowest BCUT2D eigenvalue weighted by Crippen LogP contribution is -2.50. The summed E-state index contributed by atoms with van der Waals surface area (Å²) < 4.78 is 0. The summed E-state index contributed by atoms with van der Waals surface area (Å²) in [5, 5.41) is 9.23. The van der Waals surface area contributed by atoms with Crippen molar-refractivity contribution in [3.63, 3.8) is 0 Å². The van der Waals surface area contributed by atoms with E-state index in [1.165, 1.54) is 0 Å². The van der Waals surface area contributed by atoms with E-state index < -0.39 is 0 Å². The number of nitrogens with zero attached hydrogens (tertiary/aromatic N) is 7. The number of rotatable bonds is 3. The van der Waals surface area contributed by atoms with Crippen LogP contribution in [0.2, 0.25) is 0 Å². The first kappa shape index (κ1) is 19.1. The summed E-state index contributed by atoms with van der Waals surface area (Å²) in [4.78, 5) is 35.1. The maximum Gasteiger partial charge on any atom is 0.274 e. The Kier molecular flexibility index (Phi) is 5.00. The summed E-state index contributed by atoms with van der Waals surface area (Å²) in [6.45, 7) is 2.17. The van der Waals surface area contributed by atoms with Crippen molar-refractivity contribution in [1.82, 2.24) is 24.8 Å². The summed E-state index contributed by atoms with van der Waals surface area (Å²) in [7, 11) is 0.